The van der Waals surface area contributed by atoms with Crippen molar-refractivity contribution >= 4 is 11.6 Å². The van der Waals surface area contributed by atoms with E-state index in [4.69, 9.17) is 0 Å². The van der Waals surface area contributed by atoms with Gasteiger partial charge in [-0.05, 0) is 41.8 Å². The molecule has 2 N–H and O–H groups in total. The molecule has 0 aromatic carbocycles. The zero-order valence-corrected chi connectivity index (χ0v) is 12.3. The van der Waals surface area contributed by atoms with Gasteiger partial charge in [-0.15, -0.1) is 0 Å². The molecule has 0 spiro atoms. The van der Waals surface area contributed by atoms with Crippen LogP contribution in [0.15, 0.2) is 6.33 Å². The first-order valence-electron chi connectivity index (χ1n) is 6.35. The van der Waals surface area contributed by atoms with E-state index in [1.54, 1.807) is 6.33 Å². The highest BCUT2D eigenvalue weighted by Gasteiger charge is 2.20. The summed E-state index contributed by atoms with van der Waals surface area (Å²) in [5.41, 5.74) is 1.14. The lowest BCUT2D eigenvalue weighted by Gasteiger charge is -2.33. The van der Waals surface area contributed by atoms with E-state index in [9.17, 15) is 0 Å². The van der Waals surface area contributed by atoms with Gasteiger partial charge in [0, 0.05) is 24.2 Å². The molecule has 0 bridgehead atoms. The molecule has 0 aliphatic carbocycles. The second-order valence-corrected chi connectivity index (χ2v) is 5.29. The van der Waals surface area contributed by atoms with Crippen LogP contribution in [-0.4, -0.2) is 47.6 Å². The van der Waals surface area contributed by atoms with E-state index in [-0.39, 0.29) is 5.54 Å². The second-order valence-electron chi connectivity index (χ2n) is 5.29. The summed E-state index contributed by atoms with van der Waals surface area (Å²) in [5.74, 6) is 1.80. The van der Waals surface area contributed by atoms with E-state index >= 15 is 0 Å². The summed E-state index contributed by atoms with van der Waals surface area (Å²) < 4.78 is 0. The van der Waals surface area contributed by atoms with Crippen molar-refractivity contribution in [3.8, 4) is 0 Å². The van der Waals surface area contributed by atoms with Crippen LogP contribution in [0.4, 0.5) is 11.6 Å². The molecule has 1 heterocycles. The van der Waals surface area contributed by atoms with Crippen LogP contribution in [0.1, 0.15) is 26.3 Å². The third kappa shape index (κ3) is 3.57. The Morgan fingerprint density at radius 3 is 2.22 bits per heavy atom. The van der Waals surface area contributed by atoms with Crippen LogP contribution in [-0.2, 0) is 0 Å². The largest absolute Gasteiger partial charge is 0.370 e. The van der Waals surface area contributed by atoms with Crippen LogP contribution in [0, 0.1) is 6.92 Å². The average Bonchev–Trinajstić information content (AvgIpc) is 2.30. The molecule has 5 nitrogen and oxygen atoms in total. The first kappa shape index (κ1) is 14.7. The van der Waals surface area contributed by atoms with E-state index in [1.807, 2.05) is 6.92 Å². The number of likely N-dealkylation sites (N-methyl/N-ethyl adjacent to an activating group) is 1. The Hall–Kier alpha value is -1.36. The van der Waals surface area contributed by atoms with Crippen LogP contribution >= 0.6 is 0 Å². The number of hydrogen-bond acceptors (Lipinski definition) is 5. The first-order chi connectivity index (χ1) is 8.38. The monoisotopic (exact) mass is 251 g/mol. The van der Waals surface area contributed by atoms with Gasteiger partial charge in [0.15, 0.2) is 0 Å². The van der Waals surface area contributed by atoms with Gasteiger partial charge in [-0.3, -0.25) is 0 Å². The van der Waals surface area contributed by atoms with Crippen molar-refractivity contribution in [2.75, 3.05) is 37.8 Å². The fourth-order valence-electron chi connectivity index (χ4n) is 1.43. The van der Waals surface area contributed by atoms with Crippen molar-refractivity contribution in [1.29, 1.82) is 0 Å². The van der Waals surface area contributed by atoms with Gasteiger partial charge in [-0.25, -0.2) is 9.97 Å². The third-order valence-corrected chi connectivity index (χ3v) is 3.33. The Morgan fingerprint density at radius 1 is 1.17 bits per heavy atom. The molecule has 1 aromatic rings. The Bertz CT molecular complexity index is 387. The summed E-state index contributed by atoms with van der Waals surface area (Å²) in [6.07, 6.45) is 1.59. The van der Waals surface area contributed by atoms with E-state index < -0.39 is 0 Å². The van der Waals surface area contributed by atoms with Gasteiger partial charge in [0.25, 0.3) is 0 Å². The molecule has 102 valence electrons. The van der Waals surface area contributed by atoms with Gasteiger partial charge in [-0.2, -0.15) is 0 Å². The summed E-state index contributed by atoms with van der Waals surface area (Å²) in [6, 6.07) is 0. The lowest BCUT2D eigenvalue weighted by Crippen LogP contribution is -2.44. The van der Waals surface area contributed by atoms with Gasteiger partial charge in [0.05, 0.1) is 0 Å². The molecule has 0 aliphatic heterocycles. The zero-order chi connectivity index (χ0) is 13.8. The summed E-state index contributed by atoms with van der Waals surface area (Å²) in [4.78, 5) is 10.7. The number of rotatable bonds is 6. The van der Waals surface area contributed by atoms with Crippen molar-refractivity contribution in [2.45, 2.75) is 33.2 Å². The first-order valence-corrected chi connectivity index (χ1v) is 6.35. The van der Waals surface area contributed by atoms with E-state index in [0.717, 1.165) is 30.3 Å². The van der Waals surface area contributed by atoms with E-state index in [0.29, 0.717) is 0 Å². The van der Waals surface area contributed by atoms with Crippen LogP contribution in [0.5, 0.6) is 0 Å². The standard InChI is InChI=1S/C13H25N5/c1-7-14-11-10(2)12(17-9-16-11)15-8-13(3,4)18(5)6/h9H,7-8H2,1-6H3,(H2,14,15,16,17). The number of nitrogens with one attached hydrogen (secondary N) is 2. The van der Waals surface area contributed by atoms with Crippen molar-refractivity contribution in [1.82, 2.24) is 14.9 Å². The molecule has 0 atom stereocenters. The predicted octanol–water partition coefficient (Wildman–Crippen LogP) is 1.97. The maximum atomic E-state index is 4.30. The molecule has 18 heavy (non-hydrogen) atoms. The summed E-state index contributed by atoms with van der Waals surface area (Å²) >= 11 is 0. The third-order valence-electron chi connectivity index (χ3n) is 3.33. The highest BCUT2D eigenvalue weighted by Crippen LogP contribution is 2.19. The molecule has 0 saturated carbocycles. The maximum Gasteiger partial charge on any atom is 0.134 e. The Kier molecular flexibility index (Phi) is 4.90. The van der Waals surface area contributed by atoms with Gasteiger partial charge in [0.1, 0.15) is 18.0 Å². The van der Waals surface area contributed by atoms with E-state index in [2.05, 4.69) is 60.4 Å². The lowest BCUT2D eigenvalue weighted by molar-refractivity contribution is 0.210. The van der Waals surface area contributed by atoms with Crippen LogP contribution in [0.25, 0.3) is 0 Å². The fraction of sp³-hybridized carbons (Fsp3) is 0.692. The van der Waals surface area contributed by atoms with Crippen LogP contribution in [0.3, 0.4) is 0 Å². The Balaban J connectivity index is 2.77. The smallest absolute Gasteiger partial charge is 0.134 e. The minimum atomic E-state index is 0.0791. The topological polar surface area (TPSA) is 53.1 Å². The molecule has 5 heteroatoms. The number of anilines is 2. The van der Waals surface area contributed by atoms with Gasteiger partial charge < -0.3 is 15.5 Å². The quantitative estimate of drug-likeness (QED) is 0.809. The fourth-order valence-corrected chi connectivity index (χ4v) is 1.43. The minimum absolute atomic E-state index is 0.0791. The van der Waals surface area contributed by atoms with Crippen LogP contribution in [0.2, 0.25) is 0 Å². The maximum absolute atomic E-state index is 4.30. The molecular weight excluding hydrogens is 226 g/mol. The highest BCUT2D eigenvalue weighted by atomic mass is 15.2. The molecule has 0 amide bonds. The molecule has 0 unspecified atom stereocenters. The minimum Gasteiger partial charge on any atom is -0.370 e. The van der Waals surface area contributed by atoms with Crippen molar-refractivity contribution in [3.63, 3.8) is 0 Å². The van der Waals surface area contributed by atoms with Gasteiger partial charge in [-0.1, -0.05) is 0 Å². The number of nitrogens with zero attached hydrogens (tertiary/aromatic N) is 3. The molecule has 1 rings (SSSR count). The lowest BCUT2D eigenvalue weighted by atomic mass is 10.0. The highest BCUT2D eigenvalue weighted by molar-refractivity contribution is 5.56. The Morgan fingerprint density at radius 2 is 1.72 bits per heavy atom. The van der Waals surface area contributed by atoms with Crippen molar-refractivity contribution in [3.05, 3.63) is 11.9 Å². The molecule has 0 fully saturated rings. The van der Waals surface area contributed by atoms with E-state index in [1.165, 1.54) is 0 Å². The molecule has 0 radical (unpaired) electrons. The van der Waals surface area contributed by atoms with Crippen molar-refractivity contribution in [2.24, 2.45) is 0 Å². The van der Waals surface area contributed by atoms with Crippen LogP contribution < -0.4 is 10.6 Å². The molecule has 0 aliphatic rings. The second kappa shape index (κ2) is 6.00. The van der Waals surface area contributed by atoms with Gasteiger partial charge >= 0.3 is 0 Å². The average molecular weight is 251 g/mol. The Labute approximate surface area is 110 Å². The predicted molar refractivity (Wildman–Crippen MR) is 77.2 cm³/mol. The number of hydrogen-bond donors (Lipinski definition) is 2. The summed E-state index contributed by atoms with van der Waals surface area (Å²) in [6.45, 7) is 10.2. The zero-order valence-electron chi connectivity index (χ0n) is 12.3. The molecular formula is C13H25N5. The summed E-state index contributed by atoms with van der Waals surface area (Å²) in [5, 5.41) is 6.64. The van der Waals surface area contributed by atoms with Crippen molar-refractivity contribution < 1.29 is 0 Å². The van der Waals surface area contributed by atoms with Gasteiger partial charge in [0.2, 0.25) is 0 Å². The molecule has 0 saturated heterocycles. The summed E-state index contributed by atoms with van der Waals surface area (Å²) in [7, 11) is 4.16. The normalized spacial score (nSPS) is 11.7. The number of aromatic nitrogens is 2. The molecule has 1 aromatic heterocycles. The SMILES string of the molecule is CCNc1ncnc(NCC(C)(C)N(C)C)c1C.